The maximum Gasteiger partial charge on any atom is 0.573 e. The van der Waals surface area contributed by atoms with E-state index in [0.29, 0.717) is 5.92 Å². The molecule has 0 bridgehead atoms. The second-order valence-electron chi connectivity index (χ2n) is 5.21. The van der Waals surface area contributed by atoms with Crippen molar-refractivity contribution < 1.29 is 17.9 Å². The minimum atomic E-state index is -4.63. The number of hydrogen-bond acceptors (Lipinski definition) is 1. The van der Waals surface area contributed by atoms with Gasteiger partial charge in [-0.2, -0.15) is 0 Å². The van der Waals surface area contributed by atoms with Crippen LogP contribution < -0.4 is 4.74 Å². The van der Waals surface area contributed by atoms with Gasteiger partial charge in [0.15, 0.2) is 0 Å². The molecule has 1 nitrogen and oxygen atoms in total. The van der Waals surface area contributed by atoms with E-state index in [1.54, 1.807) is 0 Å². The summed E-state index contributed by atoms with van der Waals surface area (Å²) in [6, 6.07) is 4.88. The number of rotatable bonds is 4. The molecule has 0 saturated carbocycles. The average molecular weight is 260 g/mol. The minimum absolute atomic E-state index is 0.121. The van der Waals surface area contributed by atoms with E-state index in [9.17, 15) is 13.2 Å². The Hall–Kier alpha value is -1.19. The van der Waals surface area contributed by atoms with Crippen LogP contribution in [-0.4, -0.2) is 6.36 Å². The van der Waals surface area contributed by atoms with Crippen LogP contribution in [0.25, 0.3) is 0 Å². The van der Waals surface area contributed by atoms with Crippen molar-refractivity contribution >= 4 is 0 Å². The first-order valence-electron chi connectivity index (χ1n) is 6.07. The molecular weight excluding hydrogens is 241 g/mol. The number of ether oxygens (including phenoxy) is 1. The molecule has 0 spiro atoms. The van der Waals surface area contributed by atoms with E-state index in [1.165, 1.54) is 12.1 Å². The Morgan fingerprint density at radius 2 is 1.67 bits per heavy atom. The number of alkyl halides is 3. The molecule has 0 heterocycles. The third-order valence-electron chi connectivity index (χ3n) is 2.53. The fraction of sp³-hybridized carbons (Fsp3) is 0.571. The molecule has 0 unspecified atom stereocenters. The fourth-order valence-electron chi connectivity index (χ4n) is 1.80. The Kier molecular flexibility index (Phi) is 4.65. The SMILES string of the molecule is CC(C)Cc1cc(OC(F)(F)F)cc(C(C)C)c1. The highest BCUT2D eigenvalue weighted by Gasteiger charge is 2.31. The molecule has 0 saturated heterocycles. The highest BCUT2D eigenvalue weighted by atomic mass is 19.4. The Bertz CT molecular complexity index is 395. The van der Waals surface area contributed by atoms with E-state index < -0.39 is 6.36 Å². The summed E-state index contributed by atoms with van der Waals surface area (Å²) in [7, 11) is 0. The molecule has 102 valence electrons. The summed E-state index contributed by atoms with van der Waals surface area (Å²) < 4.78 is 40.8. The Morgan fingerprint density at radius 1 is 1.06 bits per heavy atom. The lowest BCUT2D eigenvalue weighted by Gasteiger charge is -2.15. The smallest absolute Gasteiger partial charge is 0.406 e. The molecule has 0 aliphatic carbocycles. The monoisotopic (exact) mass is 260 g/mol. The largest absolute Gasteiger partial charge is 0.573 e. The predicted molar refractivity (Wildman–Crippen MR) is 65.8 cm³/mol. The first-order valence-corrected chi connectivity index (χ1v) is 6.07. The van der Waals surface area contributed by atoms with Gasteiger partial charge in [-0.25, -0.2) is 0 Å². The average Bonchev–Trinajstić information content (AvgIpc) is 2.12. The zero-order valence-corrected chi connectivity index (χ0v) is 11.1. The summed E-state index contributed by atoms with van der Waals surface area (Å²) in [5.74, 6) is 0.447. The molecule has 0 aliphatic rings. The number of hydrogen-bond donors (Lipinski definition) is 0. The zero-order chi connectivity index (χ0) is 13.9. The van der Waals surface area contributed by atoms with Crippen LogP contribution >= 0.6 is 0 Å². The van der Waals surface area contributed by atoms with Gasteiger partial charge in [0, 0.05) is 0 Å². The van der Waals surface area contributed by atoms with E-state index in [4.69, 9.17) is 0 Å². The van der Waals surface area contributed by atoms with Crippen molar-refractivity contribution in [2.24, 2.45) is 5.92 Å². The quantitative estimate of drug-likeness (QED) is 0.747. The van der Waals surface area contributed by atoms with Crippen molar-refractivity contribution in [1.29, 1.82) is 0 Å². The molecule has 1 rings (SSSR count). The topological polar surface area (TPSA) is 9.23 Å². The van der Waals surface area contributed by atoms with Crippen LogP contribution in [0.4, 0.5) is 13.2 Å². The first-order chi connectivity index (χ1) is 8.17. The van der Waals surface area contributed by atoms with Gasteiger partial charge in [-0.05, 0) is 41.5 Å². The summed E-state index contributed by atoms with van der Waals surface area (Å²) in [6.45, 7) is 7.97. The van der Waals surface area contributed by atoms with E-state index in [2.05, 4.69) is 4.74 Å². The van der Waals surface area contributed by atoms with E-state index >= 15 is 0 Å². The van der Waals surface area contributed by atoms with Crippen LogP contribution in [0.3, 0.4) is 0 Å². The van der Waals surface area contributed by atoms with Crippen molar-refractivity contribution in [1.82, 2.24) is 0 Å². The third kappa shape index (κ3) is 4.98. The van der Waals surface area contributed by atoms with E-state index in [0.717, 1.165) is 17.5 Å². The van der Waals surface area contributed by atoms with Gasteiger partial charge in [-0.3, -0.25) is 0 Å². The van der Waals surface area contributed by atoms with E-state index in [1.807, 2.05) is 33.8 Å². The first kappa shape index (κ1) is 14.9. The third-order valence-corrected chi connectivity index (χ3v) is 2.53. The second-order valence-corrected chi connectivity index (χ2v) is 5.21. The van der Waals surface area contributed by atoms with Crippen molar-refractivity contribution in [2.75, 3.05) is 0 Å². The highest BCUT2D eigenvalue weighted by Crippen LogP contribution is 2.28. The molecule has 1 aromatic carbocycles. The van der Waals surface area contributed by atoms with Gasteiger partial charge >= 0.3 is 6.36 Å². The maximum absolute atomic E-state index is 12.2. The normalized spacial score (nSPS) is 12.3. The van der Waals surface area contributed by atoms with Gasteiger partial charge in [-0.15, -0.1) is 13.2 Å². The zero-order valence-electron chi connectivity index (χ0n) is 11.1. The van der Waals surface area contributed by atoms with Crippen molar-refractivity contribution in [3.8, 4) is 5.75 Å². The van der Waals surface area contributed by atoms with Gasteiger partial charge in [0.1, 0.15) is 5.75 Å². The van der Waals surface area contributed by atoms with Crippen molar-refractivity contribution in [2.45, 2.75) is 46.4 Å². The minimum Gasteiger partial charge on any atom is -0.406 e. The van der Waals surface area contributed by atoms with Gasteiger partial charge in [0.25, 0.3) is 0 Å². The van der Waals surface area contributed by atoms with Crippen LogP contribution in [0, 0.1) is 5.92 Å². The van der Waals surface area contributed by atoms with E-state index in [-0.39, 0.29) is 11.7 Å². The lowest BCUT2D eigenvalue weighted by atomic mass is 9.96. The highest BCUT2D eigenvalue weighted by molar-refractivity contribution is 5.36. The molecule has 0 aliphatic heterocycles. The molecular formula is C14H19F3O. The summed E-state index contributed by atoms with van der Waals surface area (Å²) in [6.07, 6.45) is -3.89. The van der Waals surface area contributed by atoms with Crippen LogP contribution in [0.2, 0.25) is 0 Å². The Labute approximate surface area is 106 Å². The number of halogens is 3. The van der Waals surface area contributed by atoms with Crippen LogP contribution in [0.1, 0.15) is 44.7 Å². The van der Waals surface area contributed by atoms with Gasteiger partial charge in [0.05, 0.1) is 0 Å². The molecule has 0 fully saturated rings. The molecule has 18 heavy (non-hydrogen) atoms. The molecule has 0 radical (unpaired) electrons. The lowest BCUT2D eigenvalue weighted by molar-refractivity contribution is -0.274. The summed E-state index contributed by atoms with van der Waals surface area (Å²) >= 11 is 0. The van der Waals surface area contributed by atoms with Crippen LogP contribution in [0.5, 0.6) is 5.75 Å². The molecule has 4 heteroatoms. The van der Waals surface area contributed by atoms with Crippen LogP contribution in [0.15, 0.2) is 18.2 Å². The van der Waals surface area contributed by atoms with Crippen molar-refractivity contribution in [3.05, 3.63) is 29.3 Å². The Balaban J connectivity index is 3.06. The summed E-state index contributed by atoms with van der Waals surface area (Å²) in [5.41, 5.74) is 1.75. The summed E-state index contributed by atoms with van der Waals surface area (Å²) in [5, 5.41) is 0. The molecule has 0 N–H and O–H groups in total. The maximum atomic E-state index is 12.2. The standard InChI is InChI=1S/C14H19F3O/c1-9(2)5-11-6-12(10(3)4)8-13(7-11)18-14(15,16)17/h6-10H,5H2,1-4H3. The second kappa shape index (κ2) is 5.63. The molecule has 0 atom stereocenters. The molecule has 0 aromatic heterocycles. The summed E-state index contributed by atoms with van der Waals surface area (Å²) in [4.78, 5) is 0. The number of benzene rings is 1. The fourth-order valence-corrected chi connectivity index (χ4v) is 1.80. The van der Waals surface area contributed by atoms with Gasteiger partial charge < -0.3 is 4.74 Å². The van der Waals surface area contributed by atoms with Crippen molar-refractivity contribution in [3.63, 3.8) is 0 Å². The molecule has 1 aromatic rings. The predicted octanol–water partition coefficient (Wildman–Crippen LogP) is 4.91. The van der Waals surface area contributed by atoms with Gasteiger partial charge in [0.2, 0.25) is 0 Å². The lowest BCUT2D eigenvalue weighted by Crippen LogP contribution is -2.17. The Morgan fingerprint density at radius 3 is 2.11 bits per heavy atom. The van der Waals surface area contributed by atoms with Gasteiger partial charge in [-0.1, -0.05) is 33.8 Å². The van der Waals surface area contributed by atoms with Crippen LogP contribution in [-0.2, 0) is 6.42 Å². The molecule has 0 amide bonds.